The molecule has 0 bridgehead atoms. The van der Waals surface area contributed by atoms with Crippen molar-refractivity contribution in [2.24, 2.45) is 5.92 Å². The number of benzene rings is 1. The van der Waals surface area contributed by atoms with Gasteiger partial charge >= 0.3 is 0 Å². The second kappa shape index (κ2) is 7.53. The fourth-order valence-corrected chi connectivity index (χ4v) is 3.59. The van der Waals surface area contributed by atoms with E-state index in [1.54, 1.807) is 41.0 Å². The van der Waals surface area contributed by atoms with E-state index in [0.717, 1.165) is 4.68 Å². The van der Waals surface area contributed by atoms with E-state index in [4.69, 9.17) is 4.74 Å². The monoisotopic (exact) mass is 424 g/mol. The molecule has 2 aromatic heterocycles. The summed E-state index contributed by atoms with van der Waals surface area (Å²) in [6.45, 7) is 6.10. The molecule has 2 amide bonds. The Morgan fingerprint density at radius 1 is 1.19 bits per heavy atom. The number of anilines is 1. The third-order valence-corrected chi connectivity index (χ3v) is 5.23. The summed E-state index contributed by atoms with van der Waals surface area (Å²) < 4.78 is 7.84. The molecule has 1 aliphatic rings. The van der Waals surface area contributed by atoms with Crippen LogP contribution in [0, 0.1) is 5.92 Å². The van der Waals surface area contributed by atoms with Crippen LogP contribution in [-0.2, 0) is 15.1 Å². The number of ether oxygens (including phenoxy) is 1. The van der Waals surface area contributed by atoms with Crippen LogP contribution in [0.15, 0.2) is 41.6 Å². The molecule has 4 rings (SSSR count). The molecule has 0 saturated carbocycles. The molecule has 3 aromatic rings. The first-order valence-electron chi connectivity index (χ1n) is 9.90. The normalized spacial score (nSPS) is 16.7. The van der Waals surface area contributed by atoms with Crippen LogP contribution in [0.1, 0.15) is 27.2 Å². The van der Waals surface area contributed by atoms with Crippen LogP contribution in [0.3, 0.4) is 0 Å². The van der Waals surface area contributed by atoms with Crippen molar-refractivity contribution in [3.63, 3.8) is 0 Å². The topological polar surface area (TPSA) is 111 Å². The number of aromatic nitrogens is 4. The van der Waals surface area contributed by atoms with Crippen molar-refractivity contribution in [3.05, 3.63) is 47.1 Å². The number of methoxy groups -OCH3 is 1. The predicted molar refractivity (Wildman–Crippen MR) is 115 cm³/mol. The largest absolute Gasteiger partial charge is 0.497 e. The van der Waals surface area contributed by atoms with Gasteiger partial charge in [-0.1, -0.05) is 0 Å². The Balaban J connectivity index is 1.52. The molecule has 1 unspecified atom stereocenters. The minimum atomic E-state index is -0.588. The minimum absolute atomic E-state index is 0.0598. The van der Waals surface area contributed by atoms with E-state index in [0.29, 0.717) is 22.5 Å². The highest BCUT2D eigenvalue weighted by molar-refractivity contribution is 6.01. The van der Waals surface area contributed by atoms with Gasteiger partial charge < -0.3 is 9.64 Å². The summed E-state index contributed by atoms with van der Waals surface area (Å²) in [4.78, 5) is 43.9. The SMILES string of the molecule is COc1ccc(N2CC(C(=O)Nn3cnc4c(cnn4C(C)(C)C)c3=O)CC2=O)cc1. The number of hydrogen-bond acceptors (Lipinski definition) is 6. The molecule has 31 heavy (non-hydrogen) atoms. The third-order valence-electron chi connectivity index (χ3n) is 5.23. The van der Waals surface area contributed by atoms with Crippen molar-refractivity contribution in [2.45, 2.75) is 32.7 Å². The fourth-order valence-electron chi connectivity index (χ4n) is 3.59. The molecule has 1 atom stereocenters. The number of hydrogen-bond donors (Lipinski definition) is 1. The predicted octanol–water partition coefficient (Wildman–Crippen LogP) is 1.48. The highest BCUT2D eigenvalue weighted by Crippen LogP contribution is 2.27. The quantitative estimate of drug-likeness (QED) is 0.679. The first-order chi connectivity index (χ1) is 14.7. The molecule has 1 aromatic carbocycles. The first-order valence-corrected chi connectivity index (χ1v) is 9.90. The summed E-state index contributed by atoms with van der Waals surface area (Å²) >= 11 is 0. The van der Waals surface area contributed by atoms with Crippen LogP contribution in [0.25, 0.3) is 11.0 Å². The van der Waals surface area contributed by atoms with Crippen LogP contribution < -0.4 is 20.6 Å². The van der Waals surface area contributed by atoms with Crippen molar-refractivity contribution in [1.29, 1.82) is 0 Å². The highest BCUT2D eigenvalue weighted by Gasteiger charge is 2.35. The summed E-state index contributed by atoms with van der Waals surface area (Å²) in [7, 11) is 1.57. The molecule has 1 saturated heterocycles. The summed E-state index contributed by atoms with van der Waals surface area (Å²) in [6, 6.07) is 7.06. The van der Waals surface area contributed by atoms with Crippen molar-refractivity contribution in [2.75, 3.05) is 24.0 Å². The number of nitrogens with zero attached hydrogens (tertiary/aromatic N) is 5. The Kier molecular flexibility index (Phi) is 5.00. The lowest BCUT2D eigenvalue weighted by molar-refractivity contribution is -0.123. The van der Waals surface area contributed by atoms with Gasteiger partial charge in [-0.2, -0.15) is 5.10 Å². The molecule has 1 aliphatic heterocycles. The fraction of sp³-hybridized carbons (Fsp3) is 0.381. The number of carbonyl (C=O) groups is 2. The van der Waals surface area contributed by atoms with Gasteiger partial charge in [0.05, 0.1) is 24.8 Å². The third kappa shape index (κ3) is 3.76. The molecule has 0 radical (unpaired) electrons. The van der Waals surface area contributed by atoms with Crippen LogP contribution in [0.4, 0.5) is 5.69 Å². The Labute approximate surface area is 178 Å². The Morgan fingerprint density at radius 3 is 2.55 bits per heavy atom. The molecule has 1 N–H and O–H groups in total. The molecule has 3 heterocycles. The van der Waals surface area contributed by atoms with Crippen LogP contribution in [0.2, 0.25) is 0 Å². The summed E-state index contributed by atoms with van der Waals surface area (Å²) in [5, 5.41) is 4.56. The highest BCUT2D eigenvalue weighted by atomic mass is 16.5. The molecule has 1 fully saturated rings. The van der Waals surface area contributed by atoms with E-state index in [-0.39, 0.29) is 24.4 Å². The van der Waals surface area contributed by atoms with E-state index in [9.17, 15) is 14.4 Å². The molecule has 10 heteroatoms. The maximum absolute atomic E-state index is 12.8. The summed E-state index contributed by atoms with van der Waals surface area (Å²) in [5.41, 5.74) is 2.94. The van der Waals surface area contributed by atoms with E-state index in [1.807, 2.05) is 20.8 Å². The van der Waals surface area contributed by atoms with Gasteiger partial charge in [0, 0.05) is 18.7 Å². The van der Waals surface area contributed by atoms with Gasteiger partial charge in [0.25, 0.3) is 5.56 Å². The molecular formula is C21H24N6O4. The minimum Gasteiger partial charge on any atom is -0.497 e. The molecular weight excluding hydrogens is 400 g/mol. The van der Waals surface area contributed by atoms with Crippen molar-refractivity contribution in [1.82, 2.24) is 19.4 Å². The summed E-state index contributed by atoms with van der Waals surface area (Å²) in [6.07, 6.45) is 2.78. The van der Waals surface area contributed by atoms with Crippen molar-refractivity contribution in [3.8, 4) is 5.75 Å². The Morgan fingerprint density at radius 2 is 1.90 bits per heavy atom. The lowest BCUT2D eigenvalue weighted by Gasteiger charge is -2.19. The zero-order valence-electron chi connectivity index (χ0n) is 17.8. The van der Waals surface area contributed by atoms with Gasteiger partial charge in [-0.15, -0.1) is 0 Å². The van der Waals surface area contributed by atoms with Gasteiger partial charge in [-0.05, 0) is 45.0 Å². The number of rotatable bonds is 4. The number of amides is 2. The van der Waals surface area contributed by atoms with Crippen LogP contribution >= 0.6 is 0 Å². The molecule has 0 spiro atoms. The van der Waals surface area contributed by atoms with Gasteiger partial charge in [0.15, 0.2) is 5.65 Å². The second-order valence-electron chi connectivity index (χ2n) is 8.46. The second-order valence-corrected chi connectivity index (χ2v) is 8.46. The standard InChI is InChI=1S/C21H24N6O4/c1-21(2,3)27-18-16(10-23-27)20(30)26(12-22-18)24-19(29)13-9-17(28)25(11-13)14-5-7-15(31-4)8-6-14/h5-8,10,12-13H,9,11H2,1-4H3,(H,24,29). The van der Waals surface area contributed by atoms with Gasteiger partial charge in [-0.25, -0.2) is 14.3 Å². The van der Waals surface area contributed by atoms with E-state index in [1.165, 1.54) is 12.5 Å². The molecule has 162 valence electrons. The number of fused-ring (bicyclic) bond motifs is 1. The zero-order chi connectivity index (χ0) is 22.3. The summed E-state index contributed by atoms with van der Waals surface area (Å²) in [5.74, 6) is -0.482. The lowest BCUT2D eigenvalue weighted by atomic mass is 10.1. The Hall–Kier alpha value is -3.69. The van der Waals surface area contributed by atoms with E-state index >= 15 is 0 Å². The number of nitrogens with one attached hydrogen (secondary N) is 1. The lowest BCUT2D eigenvalue weighted by Crippen LogP contribution is -2.37. The van der Waals surface area contributed by atoms with E-state index in [2.05, 4.69) is 15.5 Å². The first kappa shape index (κ1) is 20.6. The zero-order valence-corrected chi connectivity index (χ0v) is 17.8. The van der Waals surface area contributed by atoms with E-state index < -0.39 is 17.4 Å². The van der Waals surface area contributed by atoms with Crippen molar-refractivity contribution >= 4 is 28.5 Å². The number of carbonyl (C=O) groups excluding carboxylic acids is 2. The smallest absolute Gasteiger partial charge is 0.283 e. The van der Waals surface area contributed by atoms with Gasteiger partial charge in [0.2, 0.25) is 11.8 Å². The Bertz CT molecular complexity index is 1210. The van der Waals surface area contributed by atoms with Gasteiger partial charge in [-0.3, -0.25) is 19.8 Å². The van der Waals surface area contributed by atoms with Crippen LogP contribution in [0.5, 0.6) is 5.75 Å². The molecule has 10 nitrogen and oxygen atoms in total. The van der Waals surface area contributed by atoms with Gasteiger partial charge in [0.1, 0.15) is 17.5 Å². The average Bonchev–Trinajstić information content (AvgIpc) is 3.34. The average molecular weight is 424 g/mol. The molecule has 0 aliphatic carbocycles. The van der Waals surface area contributed by atoms with Crippen LogP contribution in [-0.4, -0.2) is 44.9 Å². The maximum Gasteiger partial charge on any atom is 0.283 e. The maximum atomic E-state index is 12.8. The van der Waals surface area contributed by atoms with Crippen molar-refractivity contribution < 1.29 is 14.3 Å².